The fraction of sp³-hybridized carbons (Fsp3) is 0.0400. The van der Waals surface area contributed by atoms with Crippen LogP contribution in [-0.4, -0.2) is 9.13 Å². The molecule has 1 atom stereocenters. The lowest BCUT2D eigenvalue weighted by Gasteiger charge is -2.21. The second-order valence-corrected chi connectivity index (χ2v) is 16.2. The van der Waals surface area contributed by atoms with Crippen molar-refractivity contribution in [3.05, 3.63) is 193 Å². The molecule has 11 rings (SSSR count). The molecular formula is C50H34N2S2. The molecule has 0 fully saturated rings. The largest absolute Gasteiger partial charge is 0.333 e. The van der Waals surface area contributed by atoms with Crippen molar-refractivity contribution in [1.82, 2.24) is 9.13 Å². The van der Waals surface area contributed by atoms with Gasteiger partial charge in [0.15, 0.2) is 0 Å². The Kier molecular flexibility index (Phi) is 7.39. The number of rotatable bonds is 6. The van der Waals surface area contributed by atoms with Crippen molar-refractivity contribution in [3.63, 3.8) is 0 Å². The number of benzene rings is 6. The third kappa shape index (κ3) is 5.06. The number of aromatic nitrogens is 2. The number of hydrogen-bond acceptors (Lipinski definition) is 2. The lowest BCUT2D eigenvalue weighted by molar-refractivity contribution is 0.650. The Balaban J connectivity index is 1.07. The molecule has 0 amide bonds. The highest BCUT2D eigenvalue weighted by atomic mass is 32.1. The Morgan fingerprint density at radius 3 is 1.74 bits per heavy atom. The Morgan fingerprint density at radius 1 is 0.444 bits per heavy atom. The lowest BCUT2D eigenvalue weighted by Crippen LogP contribution is -2.08. The SMILES string of the molecule is C1=CC(c2ccc(-c3ccccc3)s2)=CC(n2c3ccccc3c3c4c5ccccc5n(-c5cccc(-c6ccc(-c7ccccc7)s6)c5)c4ccc32)C1. The third-order valence-corrected chi connectivity index (χ3v) is 13.3. The second-order valence-electron chi connectivity index (χ2n) is 14.0. The van der Waals surface area contributed by atoms with Crippen LogP contribution < -0.4 is 0 Å². The Hall–Kier alpha value is -6.20. The van der Waals surface area contributed by atoms with Gasteiger partial charge in [-0.05, 0) is 89.3 Å². The molecule has 1 unspecified atom stereocenters. The van der Waals surface area contributed by atoms with Crippen LogP contribution in [0.25, 0.3) is 86.2 Å². The van der Waals surface area contributed by atoms with Crippen LogP contribution in [0, 0.1) is 0 Å². The summed E-state index contributed by atoms with van der Waals surface area (Å²) in [5.74, 6) is 0. The zero-order valence-electron chi connectivity index (χ0n) is 29.4. The summed E-state index contributed by atoms with van der Waals surface area (Å²) in [6.45, 7) is 0. The van der Waals surface area contributed by atoms with E-state index in [1.807, 2.05) is 22.7 Å². The molecule has 0 saturated heterocycles. The molecule has 54 heavy (non-hydrogen) atoms. The van der Waals surface area contributed by atoms with E-state index in [1.54, 1.807) is 0 Å². The van der Waals surface area contributed by atoms with Crippen LogP contribution in [0.2, 0.25) is 0 Å². The molecule has 1 aliphatic carbocycles. The fourth-order valence-electron chi connectivity index (χ4n) is 8.49. The standard InChI is InChI=1S/C50H34N2S2/c1-3-13-33(14-4-1)45-27-29-47(53-45)35-17-11-19-37(31-35)51-41-23-9-7-21-39(41)49-43(51)25-26-44-50(49)40-22-8-10-24-42(40)52(44)38-20-12-18-36(32-38)48-30-28-46(54-48)34-15-5-2-6-16-34/h1-19,21-32,38H,20H2. The number of hydrogen-bond donors (Lipinski definition) is 0. The van der Waals surface area contributed by atoms with Gasteiger partial charge in [0.2, 0.25) is 0 Å². The van der Waals surface area contributed by atoms with E-state index >= 15 is 0 Å². The topological polar surface area (TPSA) is 9.86 Å². The zero-order chi connectivity index (χ0) is 35.6. The van der Waals surface area contributed by atoms with Gasteiger partial charge in [0, 0.05) is 52.3 Å². The summed E-state index contributed by atoms with van der Waals surface area (Å²) >= 11 is 3.72. The van der Waals surface area contributed by atoms with Crippen molar-refractivity contribution in [2.45, 2.75) is 12.5 Å². The van der Waals surface area contributed by atoms with Gasteiger partial charge in [-0.2, -0.15) is 0 Å². The third-order valence-electron chi connectivity index (χ3n) is 10.9. The van der Waals surface area contributed by atoms with E-state index in [2.05, 4.69) is 197 Å². The van der Waals surface area contributed by atoms with Gasteiger partial charge in [0.1, 0.15) is 0 Å². The van der Waals surface area contributed by atoms with E-state index in [-0.39, 0.29) is 6.04 Å². The first-order chi connectivity index (χ1) is 26.8. The molecule has 1 aliphatic rings. The van der Waals surface area contributed by atoms with Crippen LogP contribution in [-0.2, 0) is 0 Å². The monoisotopic (exact) mass is 726 g/mol. The molecule has 4 heteroatoms. The number of para-hydroxylation sites is 2. The van der Waals surface area contributed by atoms with Gasteiger partial charge in [0.25, 0.3) is 0 Å². The molecular weight excluding hydrogens is 693 g/mol. The molecule has 256 valence electrons. The Labute approximate surface area is 321 Å². The van der Waals surface area contributed by atoms with Crippen molar-refractivity contribution in [1.29, 1.82) is 0 Å². The predicted molar refractivity (Wildman–Crippen MR) is 233 cm³/mol. The van der Waals surface area contributed by atoms with Crippen LogP contribution >= 0.6 is 22.7 Å². The zero-order valence-corrected chi connectivity index (χ0v) is 31.0. The molecule has 4 heterocycles. The summed E-state index contributed by atoms with van der Waals surface area (Å²) < 4.78 is 5.06. The van der Waals surface area contributed by atoms with Gasteiger partial charge in [0.05, 0.1) is 22.6 Å². The van der Waals surface area contributed by atoms with Crippen molar-refractivity contribution >= 4 is 71.9 Å². The van der Waals surface area contributed by atoms with Gasteiger partial charge in [-0.1, -0.05) is 127 Å². The van der Waals surface area contributed by atoms with Crippen molar-refractivity contribution in [2.75, 3.05) is 0 Å². The molecule has 6 aromatic carbocycles. The van der Waals surface area contributed by atoms with Gasteiger partial charge >= 0.3 is 0 Å². The highest BCUT2D eigenvalue weighted by Crippen LogP contribution is 2.45. The summed E-state index contributed by atoms with van der Waals surface area (Å²) in [7, 11) is 0. The first-order valence-electron chi connectivity index (χ1n) is 18.5. The van der Waals surface area contributed by atoms with E-state index in [0.717, 1.165) is 6.42 Å². The van der Waals surface area contributed by atoms with E-state index in [1.165, 1.54) is 91.1 Å². The van der Waals surface area contributed by atoms with Crippen LogP contribution in [0.4, 0.5) is 0 Å². The summed E-state index contributed by atoms with van der Waals surface area (Å²) in [5, 5.41) is 5.22. The molecule has 0 saturated carbocycles. The van der Waals surface area contributed by atoms with Crippen molar-refractivity contribution < 1.29 is 0 Å². The number of nitrogens with zero attached hydrogens (tertiary/aromatic N) is 2. The van der Waals surface area contributed by atoms with Gasteiger partial charge in [-0.15, -0.1) is 22.7 Å². The molecule has 0 spiro atoms. The van der Waals surface area contributed by atoms with E-state index in [0.29, 0.717) is 0 Å². The first-order valence-corrected chi connectivity index (χ1v) is 20.2. The summed E-state index contributed by atoms with van der Waals surface area (Å²) in [5.41, 5.74) is 11.2. The van der Waals surface area contributed by atoms with E-state index in [9.17, 15) is 0 Å². The molecule has 2 nitrogen and oxygen atoms in total. The minimum absolute atomic E-state index is 0.198. The van der Waals surface area contributed by atoms with Gasteiger partial charge < -0.3 is 9.13 Å². The highest BCUT2D eigenvalue weighted by Gasteiger charge is 2.23. The Bertz CT molecular complexity index is 3080. The van der Waals surface area contributed by atoms with E-state index in [4.69, 9.17) is 0 Å². The minimum atomic E-state index is 0.198. The summed E-state index contributed by atoms with van der Waals surface area (Å²) in [4.78, 5) is 5.17. The molecule has 0 aliphatic heterocycles. The molecule has 0 N–H and O–H groups in total. The van der Waals surface area contributed by atoms with Crippen LogP contribution in [0.3, 0.4) is 0 Å². The smallest absolute Gasteiger partial charge is 0.0566 e. The van der Waals surface area contributed by atoms with Gasteiger partial charge in [-0.3, -0.25) is 0 Å². The second kappa shape index (κ2) is 12.7. The van der Waals surface area contributed by atoms with Crippen LogP contribution in [0.1, 0.15) is 17.3 Å². The first kappa shape index (κ1) is 31.3. The summed E-state index contributed by atoms with van der Waals surface area (Å²) in [6, 6.07) is 62.3. The maximum absolute atomic E-state index is 2.59. The van der Waals surface area contributed by atoms with Crippen molar-refractivity contribution in [2.24, 2.45) is 0 Å². The normalized spacial score (nSPS) is 14.4. The number of fused-ring (bicyclic) bond motifs is 7. The average molecular weight is 727 g/mol. The summed E-state index contributed by atoms with van der Waals surface area (Å²) in [6.07, 6.45) is 8.11. The van der Waals surface area contributed by atoms with E-state index < -0.39 is 0 Å². The Morgan fingerprint density at radius 2 is 1.00 bits per heavy atom. The highest BCUT2D eigenvalue weighted by molar-refractivity contribution is 7.18. The molecule has 10 aromatic rings. The number of allylic oxidation sites excluding steroid dienone is 4. The molecule has 4 aromatic heterocycles. The maximum atomic E-state index is 2.59. The van der Waals surface area contributed by atoms with Crippen LogP contribution in [0.5, 0.6) is 0 Å². The van der Waals surface area contributed by atoms with Crippen molar-refractivity contribution in [3.8, 4) is 37.0 Å². The van der Waals surface area contributed by atoms with Gasteiger partial charge in [-0.25, -0.2) is 0 Å². The quantitative estimate of drug-likeness (QED) is 0.161. The lowest BCUT2D eigenvalue weighted by atomic mass is 10.0. The maximum Gasteiger partial charge on any atom is 0.0566 e. The predicted octanol–water partition coefficient (Wildman–Crippen LogP) is 14.6. The fourth-order valence-corrected chi connectivity index (χ4v) is 10.5. The molecule has 0 bridgehead atoms. The minimum Gasteiger partial charge on any atom is -0.333 e. The number of thiophene rings is 2. The average Bonchev–Trinajstić information content (AvgIpc) is 4.05. The van der Waals surface area contributed by atoms with Crippen LogP contribution in [0.15, 0.2) is 188 Å². The molecule has 0 radical (unpaired) electrons.